The van der Waals surface area contributed by atoms with Crippen LogP contribution in [0.25, 0.3) is 21.2 Å². The van der Waals surface area contributed by atoms with Crippen molar-refractivity contribution in [2.45, 2.75) is 64.0 Å². The third-order valence-corrected chi connectivity index (χ3v) is 8.25. The number of aromatic amines is 1. The quantitative estimate of drug-likeness (QED) is 0.343. The molecule has 2 aliphatic rings. The number of ether oxygens (including phenoxy) is 1. The molecule has 0 unspecified atom stereocenters. The molecule has 4 aromatic rings. The maximum absolute atomic E-state index is 13.3. The van der Waals surface area contributed by atoms with E-state index in [1.165, 1.54) is 26.8 Å². The Bertz CT molecular complexity index is 1560. The fourth-order valence-corrected chi connectivity index (χ4v) is 6.03. The topological polar surface area (TPSA) is 75.3 Å². The number of nitrogens with zero attached hydrogens (tertiary/aromatic N) is 2. The molecule has 0 bridgehead atoms. The lowest BCUT2D eigenvalue weighted by molar-refractivity contribution is 0.0236. The van der Waals surface area contributed by atoms with Crippen LogP contribution in [0.4, 0.5) is 4.79 Å². The first-order valence-corrected chi connectivity index (χ1v) is 13.8. The molecule has 0 saturated heterocycles. The molecule has 1 N–H and O–H groups in total. The molecule has 7 heteroatoms. The molecule has 3 heterocycles. The number of H-pyrrole nitrogens is 1. The van der Waals surface area contributed by atoms with Gasteiger partial charge in [0.05, 0.1) is 23.2 Å². The number of carbonyl (C=O) groups excluding carboxylic acids is 1. The van der Waals surface area contributed by atoms with Gasteiger partial charge in [0.15, 0.2) is 0 Å². The van der Waals surface area contributed by atoms with Gasteiger partial charge in [0.25, 0.3) is 5.56 Å². The summed E-state index contributed by atoms with van der Waals surface area (Å²) in [5.74, 6) is 0.743. The summed E-state index contributed by atoms with van der Waals surface area (Å²) in [4.78, 5) is 35.7. The van der Waals surface area contributed by atoms with Crippen LogP contribution in [0, 0.1) is 0 Å². The van der Waals surface area contributed by atoms with Gasteiger partial charge in [-0.2, -0.15) is 0 Å². The highest BCUT2D eigenvalue weighted by Crippen LogP contribution is 2.52. The zero-order chi connectivity index (χ0) is 25.8. The number of aromatic nitrogens is 2. The Balaban J connectivity index is 1.32. The Kier molecular flexibility index (Phi) is 5.71. The average molecular weight is 514 g/mol. The van der Waals surface area contributed by atoms with Gasteiger partial charge in [0, 0.05) is 11.2 Å². The maximum atomic E-state index is 13.3. The fraction of sp³-hybridized carbons (Fsp3) is 0.367. The summed E-state index contributed by atoms with van der Waals surface area (Å²) < 4.78 is 6.84. The number of nitrogens with one attached hydrogen (secondary N) is 1. The number of benzene rings is 2. The standard InChI is InChI=1S/C30H31N3O3S/c1-29(2,3)36-28(35)33-14-5-8-24-23(18-33)26(34)32-27(31-24)30(12-13-30)22-7-4-6-19(17-22)20-9-10-25-21(16-20)11-15-37-25/h4,6-7,9-11,15-17H,5,8,12-14,18H2,1-3H3,(H,31,32,34). The molecule has 1 aliphatic heterocycles. The smallest absolute Gasteiger partial charge is 0.410 e. The van der Waals surface area contributed by atoms with Crippen LogP contribution in [-0.2, 0) is 23.1 Å². The minimum Gasteiger partial charge on any atom is -0.444 e. The van der Waals surface area contributed by atoms with Gasteiger partial charge in [-0.1, -0.05) is 30.3 Å². The molecular weight excluding hydrogens is 482 g/mol. The molecule has 37 heavy (non-hydrogen) atoms. The van der Waals surface area contributed by atoms with Gasteiger partial charge < -0.3 is 14.6 Å². The molecule has 6 nitrogen and oxygen atoms in total. The lowest BCUT2D eigenvalue weighted by Gasteiger charge is -2.26. The summed E-state index contributed by atoms with van der Waals surface area (Å²) in [6.45, 7) is 6.31. The van der Waals surface area contributed by atoms with Crippen molar-refractivity contribution in [1.82, 2.24) is 14.9 Å². The number of amides is 1. The van der Waals surface area contributed by atoms with E-state index in [2.05, 4.69) is 58.9 Å². The second-order valence-corrected chi connectivity index (χ2v) is 12.1. The summed E-state index contributed by atoms with van der Waals surface area (Å²) >= 11 is 1.75. The largest absolute Gasteiger partial charge is 0.444 e. The number of aryl methyl sites for hydroxylation is 1. The van der Waals surface area contributed by atoms with E-state index in [0.717, 1.165) is 30.8 Å². The van der Waals surface area contributed by atoms with Crippen LogP contribution in [0.15, 0.2) is 58.7 Å². The van der Waals surface area contributed by atoms with Crippen molar-refractivity contribution in [1.29, 1.82) is 0 Å². The van der Waals surface area contributed by atoms with Gasteiger partial charge >= 0.3 is 6.09 Å². The van der Waals surface area contributed by atoms with Gasteiger partial charge in [0.1, 0.15) is 11.4 Å². The van der Waals surface area contributed by atoms with Crippen molar-refractivity contribution >= 4 is 27.5 Å². The summed E-state index contributed by atoms with van der Waals surface area (Å²) in [5.41, 5.74) is 3.91. The van der Waals surface area contributed by atoms with Crippen LogP contribution < -0.4 is 5.56 Å². The highest BCUT2D eigenvalue weighted by Gasteiger charge is 2.49. The summed E-state index contributed by atoms with van der Waals surface area (Å²) in [7, 11) is 0. The lowest BCUT2D eigenvalue weighted by atomic mass is 9.91. The first-order valence-electron chi connectivity index (χ1n) is 12.9. The zero-order valence-electron chi connectivity index (χ0n) is 21.5. The van der Waals surface area contributed by atoms with E-state index in [1.807, 2.05) is 20.8 Å². The molecule has 0 radical (unpaired) electrons. The molecule has 0 spiro atoms. The molecule has 6 rings (SSSR count). The SMILES string of the molecule is CC(C)(C)OC(=O)N1CCCc2nc(C3(c4cccc(-c5ccc6sccc6c5)c4)CC3)[nH]c(=O)c2C1. The molecule has 1 aliphatic carbocycles. The number of thiophene rings is 1. The average Bonchev–Trinajstić information content (AvgIpc) is 3.59. The van der Waals surface area contributed by atoms with Crippen LogP contribution in [-0.4, -0.2) is 33.1 Å². The van der Waals surface area contributed by atoms with Crippen molar-refractivity contribution < 1.29 is 9.53 Å². The second-order valence-electron chi connectivity index (χ2n) is 11.2. The monoisotopic (exact) mass is 513 g/mol. The summed E-state index contributed by atoms with van der Waals surface area (Å²) in [6.07, 6.45) is 2.93. The first kappa shape index (κ1) is 23.9. The van der Waals surface area contributed by atoms with Gasteiger partial charge in [-0.15, -0.1) is 11.3 Å². The minimum atomic E-state index is -0.580. The van der Waals surface area contributed by atoms with E-state index in [0.29, 0.717) is 18.5 Å². The molecule has 190 valence electrons. The predicted molar refractivity (Wildman–Crippen MR) is 147 cm³/mol. The van der Waals surface area contributed by atoms with Crippen LogP contribution >= 0.6 is 11.3 Å². The summed E-state index contributed by atoms with van der Waals surface area (Å²) in [6, 6.07) is 17.4. The fourth-order valence-electron chi connectivity index (χ4n) is 5.26. The highest BCUT2D eigenvalue weighted by molar-refractivity contribution is 7.17. The van der Waals surface area contributed by atoms with Gasteiger partial charge in [0.2, 0.25) is 0 Å². The molecule has 1 saturated carbocycles. The Morgan fingerprint density at radius 1 is 1.11 bits per heavy atom. The minimum absolute atomic E-state index is 0.152. The van der Waals surface area contributed by atoms with E-state index in [-0.39, 0.29) is 23.6 Å². The van der Waals surface area contributed by atoms with Crippen molar-refractivity contribution in [3.63, 3.8) is 0 Å². The molecule has 1 amide bonds. The van der Waals surface area contributed by atoms with Crippen LogP contribution in [0.1, 0.15) is 62.7 Å². The van der Waals surface area contributed by atoms with Gasteiger partial charge in [-0.25, -0.2) is 9.78 Å². The van der Waals surface area contributed by atoms with E-state index >= 15 is 0 Å². The van der Waals surface area contributed by atoms with Crippen LogP contribution in [0.3, 0.4) is 0 Å². The molecule has 0 atom stereocenters. The Labute approximate surface area is 220 Å². The number of rotatable bonds is 3. The number of fused-ring (bicyclic) bond motifs is 2. The molecule has 2 aromatic carbocycles. The maximum Gasteiger partial charge on any atom is 0.410 e. The number of hydrogen-bond donors (Lipinski definition) is 1. The lowest BCUT2D eigenvalue weighted by Crippen LogP contribution is -2.37. The van der Waals surface area contributed by atoms with Gasteiger partial charge in [-0.3, -0.25) is 4.79 Å². The second kappa shape index (κ2) is 8.84. The third kappa shape index (κ3) is 4.57. The van der Waals surface area contributed by atoms with E-state index in [4.69, 9.17) is 9.72 Å². The molecular formula is C30H31N3O3S. The van der Waals surface area contributed by atoms with Crippen molar-refractivity contribution in [3.8, 4) is 11.1 Å². The Hall–Kier alpha value is -3.45. The Morgan fingerprint density at radius 3 is 2.70 bits per heavy atom. The zero-order valence-corrected chi connectivity index (χ0v) is 22.3. The van der Waals surface area contributed by atoms with Crippen molar-refractivity contribution in [2.75, 3.05) is 6.54 Å². The van der Waals surface area contributed by atoms with E-state index in [9.17, 15) is 9.59 Å². The molecule has 2 aromatic heterocycles. The summed E-state index contributed by atoms with van der Waals surface area (Å²) in [5, 5.41) is 3.38. The van der Waals surface area contributed by atoms with Crippen molar-refractivity contribution in [3.05, 3.63) is 86.9 Å². The predicted octanol–water partition coefficient (Wildman–Crippen LogP) is 6.41. The van der Waals surface area contributed by atoms with Crippen LogP contribution in [0.2, 0.25) is 0 Å². The van der Waals surface area contributed by atoms with Crippen LogP contribution in [0.5, 0.6) is 0 Å². The highest BCUT2D eigenvalue weighted by atomic mass is 32.1. The third-order valence-electron chi connectivity index (χ3n) is 7.35. The number of hydrogen-bond acceptors (Lipinski definition) is 5. The van der Waals surface area contributed by atoms with Gasteiger partial charge in [-0.05, 0) is 92.1 Å². The van der Waals surface area contributed by atoms with E-state index < -0.39 is 5.60 Å². The number of carbonyl (C=O) groups is 1. The molecule has 1 fully saturated rings. The van der Waals surface area contributed by atoms with E-state index in [1.54, 1.807) is 16.2 Å². The normalized spacial score (nSPS) is 16.8. The van der Waals surface area contributed by atoms with Crippen molar-refractivity contribution in [2.24, 2.45) is 0 Å². The Morgan fingerprint density at radius 2 is 1.92 bits per heavy atom. The first-order chi connectivity index (χ1) is 17.7.